The fourth-order valence-corrected chi connectivity index (χ4v) is 5.40. The van der Waals surface area contributed by atoms with Gasteiger partial charge in [0.1, 0.15) is 12.6 Å². The lowest BCUT2D eigenvalue weighted by atomic mass is 10.0. The number of rotatable bonds is 13. The minimum atomic E-state index is -3.85. The standard InChI is InChI=1S/C31H38ClN3O4S/c1-5-6-18-33-31(37)29(19-25-13-8-7-9-14-25)34(21-26-15-11-10-12-23(26)2)30(36)22-35(40(4,38)39)27-17-16-24(3)28(32)20-27/h7-17,20,29H,5-6,18-19,21-22H2,1-4H3,(H,33,37)/t29-/m1/s1. The van der Waals surface area contributed by atoms with Crippen molar-refractivity contribution in [2.24, 2.45) is 0 Å². The number of anilines is 1. The van der Waals surface area contributed by atoms with Crippen LogP contribution in [0.2, 0.25) is 5.02 Å². The van der Waals surface area contributed by atoms with Crippen molar-refractivity contribution in [3.8, 4) is 0 Å². The van der Waals surface area contributed by atoms with Gasteiger partial charge in [-0.1, -0.05) is 85.6 Å². The van der Waals surface area contributed by atoms with E-state index in [2.05, 4.69) is 5.32 Å². The lowest BCUT2D eigenvalue weighted by molar-refractivity contribution is -0.140. The third kappa shape index (κ3) is 8.57. The molecule has 0 bridgehead atoms. The fourth-order valence-electron chi connectivity index (χ4n) is 4.38. The van der Waals surface area contributed by atoms with E-state index >= 15 is 0 Å². The van der Waals surface area contributed by atoms with E-state index in [1.807, 2.05) is 75.4 Å². The number of amides is 2. The molecule has 3 rings (SSSR count). The molecule has 0 aromatic heterocycles. The van der Waals surface area contributed by atoms with Gasteiger partial charge in [0.05, 0.1) is 11.9 Å². The second-order valence-corrected chi connectivity index (χ2v) is 12.3. The van der Waals surface area contributed by atoms with Gasteiger partial charge in [-0.15, -0.1) is 0 Å². The van der Waals surface area contributed by atoms with Crippen molar-refractivity contribution in [2.75, 3.05) is 23.7 Å². The Morgan fingerprint density at radius 3 is 2.25 bits per heavy atom. The zero-order chi connectivity index (χ0) is 29.3. The summed E-state index contributed by atoms with van der Waals surface area (Å²) in [6.07, 6.45) is 3.06. The molecule has 0 aliphatic carbocycles. The van der Waals surface area contributed by atoms with E-state index < -0.39 is 28.5 Å². The van der Waals surface area contributed by atoms with Crippen molar-refractivity contribution in [3.63, 3.8) is 0 Å². The molecule has 0 heterocycles. The Kier molecular flexibility index (Phi) is 11.2. The van der Waals surface area contributed by atoms with E-state index in [0.29, 0.717) is 11.6 Å². The van der Waals surface area contributed by atoms with Crippen LogP contribution in [0.3, 0.4) is 0 Å². The van der Waals surface area contributed by atoms with Gasteiger partial charge in [0.25, 0.3) is 0 Å². The van der Waals surface area contributed by atoms with Gasteiger partial charge in [-0.25, -0.2) is 8.42 Å². The molecule has 0 aliphatic rings. The Hall–Kier alpha value is -3.36. The minimum Gasteiger partial charge on any atom is -0.354 e. The molecule has 40 heavy (non-hydrogen) atoms. The minimum absolute atomic E-state index is 0.149. The molecule has 9 heteroatoms. The van der Waals surface area contributed by atoms with Crippen LogP contribution in [0.15, 0.2) is 72.8 Å². The summed E-state index contributed by atoms with van der Waals surface area (Å²) in [4.78, 5) is 29.2. The molecule has 0 saturated carbocycles. The highest BCUT2D eigenvalue weighted by Gasteiger charge is 2.33. The van der Waals surface area contributed by atoms with Crippen LogP contribution in [0, 0.1) is 13.8 Å². The molecule has 1 atom stereocenters. The summed E-state index contributed by atoms with van der Waals surface area (Å²) in [7, 11) is -3.85. The van der Waals surface area contributed by atoms with Gasteiger partial charge < -0.3 is 10.2 Å². The first-order valence-electron chi connectivity index (χ1n) is 13.4. The van der Waals surface area contributed by atoms with Crippen molar-refractivity contribution in [2.45, 2.75) is 52.6 Å². The molecule has 2 amide bonds. The number of nitrogens with zero attached hydrogens (tertiary/aromatic N) is 2. The van der Waals surface area contributed by atoms with E-state index in [9.17, 15) is 18.0 Å². The van der Waals surface area contributed by atoms with Gasteiger partial charge in [0.15, 0.2) is 0 Å². The summed E-state index contributed by atoms with van der Waals surface area (Å²) in [6, 6.07) is 21.2. The Bertz CT molecular complexity index is 1410. The quantitative estimate of drug-likeness (QED) is 0.277. The van der Waals surface area contributed by atoms with E-state index in [0.717, 1.165) is 45.7 Å². The van der Waals surface area contributed by atoms with Crippen molar-refractivity contribution >= 4 is 39.1 Å². The number of aryl methyl sites for hydroxylation is 2. The molecule has 0 saturated heterocycles. The van der Waals surface area contributed by atoms with E-state index in [1.165, 1.54) is 11.0 Å². The predicted molar refractivity (Wildman–Crippen MR) is 162 cm³/mol. The lowest BCUT2D eigenvalue weighted by Gasteiger charge is -2.34. The van der Waals surface area contributed by atoms with Crippen LogP contribution < -0.4 is 9.62 Å². The average molecular weight is 584 g/mol. The predicted octanol–water partition coefficient (Wildman–Crippen LogP) is 5.28. The molecule has 0 aliphatic heterocycles. The van der Waals surface area contributed by atoms with Crippen LogP contribution in [0.5, 0.6) is 0 Å². The number of carbonyl (C=O) groups excluding carboxylic acids is 2. The maximum Gasteiger partial charge on any atom is 0.244 e. The van der Waals surface area contributed by atoms with Gasteiger partial charge >= 0.3 is 0 Å². The summed E-state index contributed by atoms with van der Waals surface area (Å²) in [5.74, 6) is -0.763. The largest absolute Gasteiger partial charge is 0.354 e. The third-order valence-corrected chi connectivity index (χ3v) is 8.37. The maximum atomic E-state index is 14.1. The zero-order valence-corrected chi connectivity index (χ0v) is 25.1. The number of hydrogen-bond acceptors (Lipinski definition) is 4. The van der Waals surface area contributed by atoms with Crippen LogP contribution in [-0.2, 0) is 32.6 Å². The van der Waals surface area contributed by atoms with Gasteiger partial charge in [-0.05, 0) is 54.7 Å². The summed E-state index contributed by atoms with van der Waals surface area (Å²) < 4.78 is 26.8. The zero-order valence-electron chi connectivity index (χ0n) is 23.6. The first-order valence-corrected chi connectivity index (χ1v) is 15.6. The van der Waals surface area contributed by atoms with Gasteiger partial charge in [0, 0.05) is 24.5 Å². The number of sulfonamides is 1. The monoisotopic (exact) mass is 583 g/mol. The highest BCUT2D eigenvalue weighted by Crippen LogP contribution is 2.26. The molecular formula is C31H38ClN3O4S. The Balaban J connectivity index is 2.05. The molecule has 3 aromatic rings. The summed E-state index contributed by atoms with van der Waals surface area (Å²) in [5, 5.41) is 3.38. The topological polar surface area (TPSA) is 86.8 Å². The maximum absolute atomic E-state index is 14.1. The van der Waals surface area contributed by atoms with Crippen LogP contribution in [0.25, 0.3) is 0 Å². The van der Waals surface area contributed by atoms with Gasteiger partial charge in [-0.2, -0.15) is 0 Å². The van der Waals surface area contributed by atoms with Gasteiger partial charge in [-0.3, -0.25) is 13.9 Å². The molecule has 3 aromatic carbocycles. The number of halogens is 1. The SMILES string of the molecule is CCCCNC(=O)[C@@H](Cc1ccccc1)N(Cc1ccccc1C)C(=O)CN(c1ccc(C)c(Cl)c1)S(C)(=O)=O. The number of benzene rings is 3. The second-order valence-electron chi connectivity index (χ2n) is 10.0. The first kappa shape index (κ1) is 31.2. The smallest absolute Gasteiger partial charge is 0.244 e. The Morgan fingerprint density at radius 1 is 0.950 bits per heavy atom. The molecule has 7 nitrogen and oxygen atoms in total. The average Bonchev–Trinajstić information content (AvgIpc) is 2.91. The van der Waals surface area contributed by atoms with Crippen LogP contribution in [0.4, 0.5) is 5.69 Å². The Labute approximate surface area is 243 Å². The summed E-state index contributed by atoms with van der Waals surface area (Å²) in [5.41, 5.74) is 3.81. The Morgan fingerprint density at radius 2 is 1.62 bits per heavy atom. The number of unbranched alkanes of at least 4 members (excludes halogenated alkanes) is 1. The van der Waals surface area contributed by atoms with Crippen molar-refractivity contribution in [1.82, 2.24) is 10.2 Å². The van der Waals surface area contributed by atoms with Crippen molar-refractivity contribution in [1.29, 1.82) is 0 Å². The summed E-state index contributed by atoms with van der Waals surface area (Å²) in [6.45, 7) is 5.97. The number of hydrogen-bond donors (Lipinski definition) is 1. The van der Waals surface area contributed by atoms with Crippen LogP contribution in [0.1, 0.15) is 42.0 Å². The van der Waals surface area contributed by atoms with Crippen LogP contribution >= 0.6 is 11.6 Å². The molecule has 1 N–H and O–H groups in total. The molecular weight excluding hydrogens is 546 g/mol. The second kappa shape index (κ2) is 14.3. The van der Waals surface area contributed by atoms with E-state index in [4.69, 9.17) is 11.6 Å². The normalized spacial score (nSPS) is 12.0. The lowest BCUT2D eigenvalue weighted by Crippen LogP contribution is -2.53. The molecule has 0 radical (unpaired) electrons. The first-order chi connectivity index (χ1) is 19.0. The summed E-state index contributed by atoms with van der Waals surface area (Å²) >= 11 is 6.30. The highest BCUT2D eigenvalue weighted by molar-refractivity contribution is 7.92. The molecule has 214 valence electrons. The third-order valence-electron chi connectivity index (χ3n) is 6.83. The van der Waals surface area contributed by atoms with Crippen LogP contribution in [-0.4, -0.2) is 50.5 Å². The van der Waals surface area contributed by atoms with E-state index in [1.54, 1.807) is 12.1 Å². The molecule has 0 spiro atoms. The van der Waals surface area contributed by atoms with Crippen molar-refractivity contribution < 1.29 is 18.0 Å². The highest BCUT2D eigenvalue weighted by atomic mass is 35.5. The van der Waals surface area contributed by atoms with Gasteiger partial charge in [0.2, 0.25) is 21.8 Å². The van der Waals surface area contributed by atoms with E-state index in [-0.39, 0.29) is 24.6 Å². The number of carbonyl (C=O) groups is 2. The molecule has 0 fully saturated rings. The van der Waals surface area contributed by atoms with Crippen molar-refractivity contribution in [3.05, 3.63) is 100 Å². The molecule has 0 unspecified atom stereocenters. The fraction of sp³-hybridized carbons (Fsp3) is 0.355. The number of nitrogens with one attached hydrogen (secondary N) is 1.